The highest BCUT2D eigenvalue weighted by Gasteiger charge is 2.27. The number of rotatable bonds is 6. The Labute approximate surface area is 145 Å². The lowest BCUT2D eigenvalue weighted by Crippen LogP contribution is -2.18. The van der Waals surface area contributed by atoms with E-state index in [0.717, 1.165) is 6.07 Å². The SMILES string of the molecule is COc1cccc(/C=N\NC(=O)c2cc([N+](=O)[O-])cc([N+](=O)[O-])c2O)c1. The molecule has 2 aromatic carbocycles. The van der Waals surface area contributed by atoms with Gasteiger partial charge >= 0.3 is 5.69 Å². The fourth-order valence-electron chi connectivity index (χ4n) is 1.97. The summed E-state index contributed by atoms with van der Waals surface area (Å²) in [6.07, 6.45) is 1.27. The van der Waals surface area contributed by atoms with E-state index in [9.17, 15) is 30.1 Å². The van der Waals surface area contributed by atoms with Gasteiger partial charge in [0.2, 0.25) is 5.75 Å². The van der Waals surface area contributed by atoms with Gasteiger partial charge < -0.3 is 9.84 Å². The number of nitro groups is 2. The number of hydrogen-bond acceptors (Lipinski definition) is 8. The molecule has 11 heteroatoms. The maximum atomic E-state index is 12.1. The summed E-state index contributed by atoms with van der Waals surface area (Å²) in [6, 6.07) is 7.98. The number of hydrogen-bond donors (Lipinski definition) is 2. The summed E-state index contributed by atoms with van der Waals surface area (Å²) in [4.78, 5) is 31.9. The van der Waals surface area contributed by atoms with Gasteiger partial charge in [0.15, 0.2) is 0 Å². The molecule has 11 nitrogen and oxygen atoms in total. The number of methoxy groups -OCH3 is 1. The first-order valence-electron chi connectivity index (χ1n) is 6.96. The van der Waals surface area contributed by atoms with Crippen molar-refractivity contribution in [3.63, 3.8) is 0 Å². The third-order valence-corrected chi connectivity index (χ3v) is 3.20. The molecule has 0 heterocycles. The van der Waals surface area contributed by atoms with Crippen LogP contribution < -0.4 is 10.2 Å². The molecule has 1 amide bonds. The van der Waals surface area contributed by atoms with Gasteiger partial charge in [-0.25, -0.2) is 5.43 Å². The van der Waals surface area contributed by atoms with Gasteiger partial charge in [0, 0.05) is 6.07 Å². The minimum absolute atomic E-state index is 0.561. The van der Waals surface area contributed by atoms with Gasteiger partial charge in [0.1, 0.15) is 5.75 Å². The number of nitrogens with zero attached hydrogens (tertiary/aromatic N) is 3. The summed E-state index contributed by atoms with van der Waals surface area (Å²) < 4.78 is 5.03. The predicted molar refractivity (Wildman–Crippen MR) is 89.5 cm³/mol. The molecule has 0 saturated heterocycles. The average Bonchev–Trinajstić information content (AvgIpc) is 2.61. The van der Waals surface area contributed by atoms with Gasteiger partial charge in [0.25, 0.3) is 11.6 Å². The number of nitro benzene ring substituents is 2. The number of carbonyl (C=O) groups excluding carboxylic acids is 1. The second-order valence-corrected chi connectivity index (χ2v) is 4.85. The summed E-state index contributed by atoms with van der Waals surface area (Å²) in [6.45, 7) is 0. The minimum Gasteiger partial charge on any atom is -0.502 e. The van der Waals surface area contributed by atoms with Crippen LogP contribution in [0.25, 0.3) is 0 Å². The highest BCUT2D eigenvalue weighted by Crippen LogP contribution is 2.34. The number of benzene rings is 2. The third kappa shape index (κ3) is 4.08. The van der Waals surface area contributed by atoms with E-state index in [0.29, 0.717) is 17.4 Å². The van der Waals surface area contributed by atoms with Crippen molar-refractivity contribution < 1.29 is 24.5 Å². The molecule has 26 heavy (non-hydrogen) atoms. The van der Waals surface area contributed by atoms with Crippen molar-refractivity contribution in [2.45, 2.75) is 0 Å². The minimum atomic E-state index is -1.05. The van der Waals surface area contributed by atoms with E-state index in [2.05, 4.69) is 5.10 Å². The largest absolute Gasteiger partial charge is 0.502 e. The number of carbonyl (C=O) groups is 1. The molecule has 0 atom stereocenters. The lowest BCUT2D eigenvalue weighted by Gasteiger charge is -2.04. The molecular weight excluding hydrogens is 348 g/mol. The zero-order chi connectivity index (χ0) is 19.3. The van der Waals surface area contributed by atoms with E-state index < -0.39 is 38.4 Å². The Kier molecular flexibility index (Phi) is 5.43. The van der Waals surface area contributed by atoms with Crippen molar-refractivity contribution in [1.29, 1.82) is 0 Å². The van der Waals surface area contributed by atoms with Gasteiger partial charge in [0.05, 0.1) is 34.8 Å². The van der Waals surface area contributed by atoms with Crippen LogP contribution >= 0.6 is 0 Å². The average molecular weight is 360 g/mol. The Morgan fingerprint density at radius 2 is 1.96 bits per heavy atom. The predicted octanol–water partition coefficient (Wildman–Crippen LogP) is 1.98. The molecule has 0 aromatic heterocycles. The molecule has 0 bridgehead atoms. The Bertz CT molecular complexity index is 911. The number of aromatic hydroxyl groups is 1. The first kappa shape index (κ1) is 18.3. The second-order valence-electron chi connectivity index (χ2n) is 4.85. The van der Waals surface area contributed by atoms with E-state index in [4.69, 9.17) is 4.74 Å². The summed E-state index contributed by atoms with van der Waals surface area (Å²) in [7, 11) is 1.48. The van der Waals surface area contributed by atoms with Crippen LogP contribution in [0.3, 0.4) is 0 Å². The number of amides is 1. The molecule has 2 N–H and O–H groups in total. The fraction of sp³-hybridized carbons (Fsp3) is 0.0667. The van der Waals surface area contributed by atoms with Crippen LogP contribution in [0, 0.1) is 20.2 Å². The van der Waals surface area contributed by atoms with E-state index in [1.54, 1.807) is 24.3 Å². The maximum absolute atomic E-state index is 12.1. The highest BCUT2D eigenvalue weighted by molar-refractivity contribution is 5.99. The lowest BCUT2D eigenvalue weighted by atomic mass is 10.1. The molecular formula is C15H12N4O7. The smallest absolute Gasteiger partial charge is 0.318 e. The highest BCUT2D eigenvalue weighted by atomic mass is 16.6. The van der Waals surface area contributed by atoms with Crippen molar-refractivity contribution in [2.75, 3.05) is 7.11 Å². The first-order valence-corrected chi connectivity index (χ1v) is 6.96. The molecule has 2 rings (SSSR count). The van der Waals surface area contributed by atoms with Crippen LogP contribution in [-0.2, 0) is 0 Å². The molecule has 0 fully saturated rings. The lowest BCUT2D eigenvalue weighted by molar-refractivity contribution is -0.394. The third-order valence-electron chi connectivity index (χ3n) is 3.20. The number of ether oxygens (including phenoxy) is 1. The van der Waals surface area contributed by atoms with Gasteiger partial charge in [-0.2, -0.15) is 5.10 Å². The summed E-state index contributed by atoms with van der Waals surface area (Å²) >= 11 is 0. The van der Waals surface area contributed by atoms with Crippen LogP contribution in [0.1, 0.15) is 15.9 Å². The summed E-state index contributed by atoms with van der Waals surface area (Å²) in [5.74, 6) is -1.48. The molecule has 2 aromatic rings. The van der Waals surface area contributed by atoms with E-state index in [-0.39, 0.29) is 0 Å². The Balaban J connectivity index is 2.27. The normalized spacial score (nSPS) is 10.5. The van der Waals surface area contributed by atoms with Crippen LogP contribution in [0.5, 0.6) is 11.5 Å². The Hall–Kier alpha value is -4.02. The molecule has 0 radical (unpaired) electrons. The molecule has 0 spiro atoms. The number of phenolic OH excluding ortho intramolecular Hbond substituents is 1. The molecule has 0 aliphatic heterocycles. The van der Waals surface area contributed by atoms with Crippen molar-refractivity contribution in [1.82, 2.24) is 5.43 Å². The molecule has 0 aliphatic rings. The second kappa shape index (κ2) is 7.70. The van der Waals surface area contributed by atoms with Crippen LogP contribution in [0.15, 0.2) is 41.5 Å². The van der Waals surface area contributed by atoms with Crippen molar-refractivity contribution >= 4 is 23.5 Å². The molecule has 134 valence electrons. The quantitative estimate of drug-likeness (QED) is 0.453. The van der Waals surface area contributed by atoms with Crippen LogP contribution in [0.2, 0.25) is 0 Å². The van der Waals surface area contributed by atoms with E-state index in [1.165, 1.54) is 13.3 Å². The van der Waals surface area contributed by atoms with Crippen molar-refractivity contribution in [3.05, 3.63) is 67.8 Å². The van der Waals surface area contributed by atoms with Gasteiger partial charge in [-0.3, -0.25) is 25.0 Å². The standard InChI is InChI=1S/C15H12N4O7/c1-26-11-4-2-3-9(5-11)8-16-17-15(21)12-6-10(18(22)23)7-13(14(12)20)19(24)25/h2-8,20H,1H3,(H,17,21)/b16-8-. The van der Waals surface area contributed by atoms with Crippen LogP contribution in [0.4, 0.5) is 11.4 Å². The van der Waals surface area contributed by atoms with Gasteiger partial charge in [-0.15, -0.1) is 0 Å². The topological polar surface area (TPSA) is 157 Å². The van der Waals surface area contributed by atoms with Gasteiger partial charge in [-0.05, 0) is 17.7 Å². The van der Waals surface area contributed by atoms with Crippen molar-refractivity contribution in [3.8, 4) is 11.5 Å². The Morgan fingerprint density at radius 3 is 2.58 bits per heavy atom. The molecule has 0 saturated carbocycles. The number of non-ortho nitro benzene ring substituents is 1. The van der Waals surface area contributed by atoms with Crippen LogP contribution in [-0.4, -0.2) is 34.2 Å². The van der Waals surface area contributed by atoms with E-state index in [1.807, 2.05) is 5.43 Å². The molecule has 0 aliphatic carbocycles. The fourth-order valence-corrected chi connectivity index (χ4v) is 1.97. The summed E-state index contributed by atoms with van der Waals surface area (Å²) in [5.41, 5.74) is 0.311. The number of nitrogens with one attached hydrogen (secondary N) is 1. The molecule has 0 unspecified atom stereocenters. The zero-order valence-corrected chi connectivity index (χ0v) is 13.3. The van der Waals surface area contributed by atoms with Gasteiger partial charge in [-0.1, -0.05) is 12.1 Å². The first-order chi connectivity index (χ1) is 12.3. The monoisotopic (exact) mass is 360 g/mol. The Morgan fingerprint density at radius 1 is 1.23 bits per heavy atom. The number of hydrazone groups is 1. The maximum Gasteiger partial charge on any atom is 0.318 e. The van der Waals surface area contributed by atoms with E-state index >= 15 is 0 Å². The number of phenols is 1. The van der Waals surface area contributed by atoms with Crippen molar-refractivity contribution in [2.24, 2.45) is 5.10 Å². The summed E-state index contributed by atoms with van der Waals surface area (Å²) in [5, 5.41) is 35.2. The zero-order valence-electron chi connectivity index (χ0n) is 13.3.